The number of fused-ring (bicyclic) bond motifs is 1. The lowest BCUT2D eigenvalue weighted by Crippen LogP contribution is -2.38. The van der Waals surface area contributed by atoms with E-state index in [0.29, 0.717) is 5.92 Å². The van der Waals surface area contributed by atoms with Crippen molar-refractivity contribution in [1.29, 1.82) is 0 Å². The average Bonchev–Trinajstić information content (AvgIpc) is 2.43. The van der Waals surface area contributed by atoms with Gasteiger partial charge >= 0.3 is 0 Å². The quantitative estimate of drug-likeness (QED) is 0.859. The van der Waals surface area contributed by atoms with Gasteiger partial charge in [-0.25, -0.2) is 0 Å². The Labute approximate surface area is 115 Å². The molecule has 0 heterocycles. The van der Waals surface area contributed by atoms with Crippen LogP contribution in [0.5, 0.6) is 0 Å². The van der Waals surface area contributed by atoms with Crippen LogP contribution in [0.3, 0.4) is 0 Å². The summed E-state index contributed by atoms with van der Waals surface area (Å²) in [6, 6.07) is 15.3. The normalized spacial score (nSPS) is 14.8. The Balaban J connectivity index is 2.19. The minimum absolute atomic E-state index is 0.140. The highest BCUT2D eigenvalue weighted by molar-refractivity contribution is 5.83. The highest BCUT2D eigenvalue weighted by Crippen LogP contribution is 2.21. The Morgan fingerprint density at radius 1 is 1.00 bits per heavy atom. The molecule has 2 aromatic carbocycles. The summed E-state index contributed by atoms with van der Waals surface area (Å²) in [7, 11) is 0. The molecule has 0 saturated carbocycles. The molecule has 19 heavy (non-hydrogen) atoms. The molecule has 0 aromatic heterocycles. The molecular formula is C17H23NO. The highest BCUT2D eigenvalue weighted by atomic mass is 16.3. The van der Waals surface area contributed by atoms with E-state index >= 15 is 0 Å². The first-order valence-corrected chi connectivity index (χ1v) is 6.97. The first-order chi connectivity index (χ1) is 9.11. The van der Waals surface area contributed by atoms with Crippen molar-refractivity contribution in [2.45, 2.75) is 32.9 Å². The van der Waals surface area contributed by atoms with E-state index in [1.165, 1.54) is 16.3 Å². The van der Waals surface area contributed by atoms with Gasteiger partial charge in [0, 0.05) is 12.1 Å². The number of rotatable bonds is 5. The standard InChI is InChI=1S/C17H23NO/c1-12(2)17(11-19)18-13(3)15-9-8-14-6-4-5-7-16(14)10-15/h4-10,12-13,17-19H,11H2,1-3H3. The van der Waals surface area contributed by atoms with Gasteiger partial charge in [0.15, 0.2) is 0 Å². The van der Waals surface area contributed by atoms with Crippen LogP contribution in [0.4, 0.5) is 0 Å². The maximum atomic E-state index is 9.40. The van der Waals surface area contributed by atoms with E-state index in [4.69, 9.17) is 0 Å². The Morgan fingerprint density at radius 2 is 1.68 bits per heavy atom. The summed E-state index contributed by atoms with van der Waals surface area (Å²) in [4.78, 5) is 0. The van der Waals surface area contributed by atoms with Crippen molar-refractivity contribution < 1.29 is 5.11 Å². The lowest BCUT2D eigenvalue weighted by atomic mass is 9.99. The van der Waals surface area contributed by atoms with Gasteiger partial charge in [-0.15, -0.1) is 0 Å². The second-order valence-electron chi connectivity index (χ2n) is 5.53. The molecule has 102 valence electrons. The van der Waals surface area contributed by atoms with Crippen LogP contribution in [0, 0.1) is 5.92 Å². The fraction of sp³-hybridized carbons (Fsp3) is 0.412. The van der Waals surface area contributed by atoms with Gasteiger partial charge in [-0.2, -0.15) is 0 Å². The van der Waals surface area contributed by atoms with Gasteiger partial charge in [0.2, 0.25) is 0 Å². The molecule has 0 aliphatic rings. The van der Waals surface area contributed by atoms with Gasteiger partial charge in [0.05, 0.1) is 6.61 Å². The maximum absolute atomic E-state index is 9.40. The zero-order chi connectivity index (χ0) is 13.8. The summed E-state index contributed by atoms with van der Waals surface area (Å²) in [5.74, 6) is 0.424. The third-order valence-electron chi connectivity index (χ3n) is 3.74. The number of nitrogens with one attached hydrogen (secondary N) is 1. The summed E-state index contributed by atoms with van der Waals surface area (Å²) in [5, 5.41) is 15.4. The summed E-state index contributed by atoms with van der Waals surface area (Å²) in [6.45, 7) is 6.58. The van der Waals surface area contributed by atoms with Crippen molar-refractivity contribution >= 4 is 10.8 Å². The lowest BCUT2D eigenvalue weighted by molar-refractivity contribution is 0.201. The summed E-state index contributed by atoms with van der Waals surface area (Å²) < 4.78 is 0. The Bertz CT molecular complexity index is 536. The SMILES string of the molecule is CC(NC(CO)C(C)C)c1ccc2ccccc2c1. The molecule has 0 radical (unpaired) electrons. The molecule has 0 saturated heterocycles. The van der Waals surface area contributed by atoms with Gasteiger partial charge in [0.25, 0.3) is 0 Å². The van der Waals surface area contributed by atoms with Gasteiger partial charge in [-0.05, 0) is 35.2 Å². The number of aliphatic hydroxyl groups is 1. The molecular weight excluding hydrogens is 234 g/mol. The van der Waals surface area contributed by atoms with Gasteiger partial charge < -0.3 is 10.4 Å². The molecule has 0 amide bonds. The predicted molar refractivity (Wildman–Crippen MR) is 81.2 cm³/mol. The van der Waals surface area contributed by atoms with E-state index in [-0.39, 0.29) is 18.7 Å². The van der Waals surface area contributed by atoms with Crippen LogP contribution in [0.1, 0.15) is 32.4 Å². The van der Waals surface area contributed by atoms with E-state index in [2.05, 4.69) is 68.6 Å². The first kappa shape index (κ1) is 14.0. The minimum atomic E-state index is 0.140. The van der Waals surface area contributed by atoms with Crippen LogP contribution in [0.2, 0.25) is 0 Å². The van der Waals surface area contributed by atoms with E-state index in [9.17, 15) is 5.11 Å². The fourth-order valence-electron chi connectivity index (χ4n) is 2.35. The third kappa shape index (κ3) is 3.34. The van der Waals surface area contributed by atoms with Crippen molar-refractivity contribution in [3.05, 3.63) is 48.0 Å². The van der Waals surface area contributed by atoms with Crippen molar-refractivity contribution in [3.63, 3.8) is 0 Å². The number of aliphatic hydroxyl groups excluding tert-OH is 1. The first-order valence-electron chi connectivity index (χ1n) is 6.97. The van der Waals surface area contributed by atoms with E-state index in [1.807, 2.05) is 0 Å². The van der Waals surface area contributed by atoms with E-state index < -0.39 is 0 Å². The van der Waals surface area contributed by atoms with Crippen LogP contribution in [-0.2, 0) is 0 Å². The van der Waals surface area contributed by atoms with Crippen molar-refractivity contribution in [3.8, 4) is 0 Å². The van der Waals surface area contributed by atoms with Crippen LogP contribution in [0.25, 0.3) is 10.8 Å². The molecule has 0 bridgehead atoms. The molecule has 0 aliphatic heterocycles. The lowest BCUT2D eigenvalue weighted by Gasteiger charge is -2.25. The smallest absolute Gasteiger partial charge is 0.0587 e. The van der Waals surface area contributed by atoms with E-state index in [0.717, 1.165) is 0 Å². The Morgan fingerprint density at radius 3 is 2.32 bits per heavy atom. The molecule has 2 heteroatoms. The van der Waals surface area contributed by atoms with Crippen LogP contribution in [-0.4, -0.2) is 17.8 Å². The predicted octanol–water partition coefficient (Wildman–Crippen LogP) is 3.51. The number of hydrogen-bond acceptors (Lipinski definition) is 2. The summed E-state index contributed by atoms with van der Waals surface area (Å²) in [5.41, 5.74) is 1.26. The fourth-order valence-corrected chi connectivity index (χ4v) is 2.35. The minimum Gasteiger partial charge on any atom is -0.395 e. The second kappa shape index (κ2) is 6.18. The van der Waals surface area contributed by atoms with Gasteiger partial charge in [-0.3, -0.25) is 0 Å². The Kier molecular flexibility index (Phi) is 4.56. The summed E-state index contributed by atoms with van der Waals surface area (Å²) >= 11 is 0. The number of benzene rings is 2. The van der Waals surface area contributed by atoms with Crippen molar-refractivity contribution in [2.24, 2.45) is 5.92 Å². The topological polar surface area (TPSA) is 32.3 Å². The molecule has 2 unspecified atom stereocenters. The third-order valence-corrected chi connectivity index (χ3v) is 3.74. The molecule has 2 N–H and O–H groups in total. The monoisotopic (exact) mass is 257 g/mol. The number of hydrogen-bond donors (Lipinski definition) is 2. The summed E-state index contributed by atoms with van der Waals surface area (Å²) in [6.07, 6.45) is 0. The molecule has 0 fully saturated rings. The van der Waals surface area contributed by atoms with Gasteiger partial charge in [-0.1, -0.05) is 50.2 Å². The zero-order valence-electron chi connectivity index (χ0n) is 11.9. The molecule has 0 aliphatic carbocycles. The van der Waals surface area contributed by atoms with Crippen LogP contribution in [0.15, 0.2) is 42.5 Å². The van der Waals surface area contributed by atoms with Crippen molar-refractivity contribution in [1.82, 2.24) is 5.32 Å². The van der Waals surface area contributed by atoms with E-state index in [1.54, 1.807) is 0 Å². The van der Waals surface area contributed by atoms with Crippen LogP contribution >= 0.6 is 0 Å². The average molecular weight is 257 g/mol. The molecule has 2 rings (SSSR count). The van der Waals surface area contributed by atoms with Crippen molar-refractivity contribution in [2.75, 3.05) is 6.61 Å². The largest absolute Gasteiger partial charge is 0.395 e. The molecule has 2 atom stereocenters. The van der Waals surface area contributed by atoms with Crippen LogP contribution < -0.4 is 5.32 Å². The van der Waals surface area contributed by atoms with Gasteiger partial charge in [0.1, 0.15) is 0 Å². The maximum Gasteiger partial charge on any atom is 0.0587 e. The Hall–Kier alpha value is -1.38. The molecule has 0 spiro atoms. The second-order valence-corrected chi connectivity index (χ2v) is 5.53. The molecule has 2 nitrogen and oxygen atoms in total. The highest BCUT2D eigenvalue weighted by Gasteiger charge is 2.15. The zero-order valence-corrected chi connectivity index (χ0v) is 11.9. The molecule has 2 aromatic rings.